The van der Waals surface area contributed by atoms with Crippen molar-refractivity contribution in [3.05, 3.63) is 35.9 Å². The monoisotopic (exact) mass is 987 g/mol. The molecule has 0 aliphatic carbocycles. The minimum Gasteiger partial charge on any atom is -0.370 e. The number of nitrogens with two attached hydrogens (primary N) is 3. The molecule has 10 amide bonds. The quantitative estimate of drug-likeness (QED) is 0.0372. The van der Waals surface area contributed by atoms with Gasteiger partial charge in [0.25, 0.3) is 0 Å². The van der Waals surface area contributed by atoms with E-state index in [0.717, 1.165) is 5.56 Å². The number of primary amides is 1. The number of nitrogens with one attached hydrogen (secondary N) is 9. The van der Waals surface area contributed by atoms with E-state index in [1.165, 1.54) is 6.92 Å². The van der Waals surface area contributed by atoms with E-state index in [0.29, 0.717) is 32.2 Å². The van der Waals surface area contributed by atoms with Crippen LogP contribution in [0.2, 0.25) is 0 Å². The normalized spacial score (nSPS) is 15.5. The Labute approximate surface area is 412 Å². The van der Waals surface area contributed by atoms with Crippen molar-refractivity contribution >= 4 is 59.1 Å². The first-order valence-corrected chi connectivity index (χ1v) is 24.3. The number of amides is 10. The number of hydrogen-bond donors (Lipinski definition) is 12. The van der Waals surface area contributed by atoms with Crippen LogP contribution in [-0.2, 0) is 54.4 Å². The van der Waals surface area contributed by atoms with Crippen LogP contribution in [0.5, 0.6) is 0 Å². The van der Waals surface area contributed by atoms with Gasteiger partial charge in [0.2, 0.25) is 59.1 Å². The van der Waals surface area contributed by atoms with E-state index >= 15 is 0 Å². The first-order chi connectivity index (χ1) is 32.9. The molecule has 0 radical (unpaired) electrons. The van der Waals surface area contributed by atoms with E-state index in [1.54, 1.807) is 72.7 Å². The highest BCUT2D eigenvalue weighted by Crippen LogP contribution is 2.14. The lowest BCUT2D eigenvalue weighted by molar-refractivity contribution is -0.136. The zero-order valence-electron chi connectivity index (χ0n) is 42.7. The molecule has 10 unspecified atom stereocenters. The fourth-order valence-corrected chi connectivity index (χ4v) is 7.07. The molecule has 0 bridgehead atoms. The largest absolute Gasteiger partial charge is 0.370 e. The molecule has 0 fully saturated rings. The molecule has 0 aliphatic rings. The van der Waals surface area contributed by atoms with E-state index < -0.39 is 144 Å². The van der Waals surface area contributed by atoms with Gasteiger partial charge in [-0.15, -0.1) is 0 Å². The van der Waals surface area contributed by atoms with Gasteiger partial charge in [0, 0.05) is 18.9 Å². The minimum atomic E-state index is -1.17. The maximum absolute atomic E-state index is 14.0. The Morgan fingerprint density at radius 1 is 0.514 bits per heavy atom. The standard InChI is InChI=1S/C48H82N12O10/c1-11-28(7)40(45(67)52-24-36(62)54-30(9)22-35(51)61)59-43(65)33(20-16-17-21-49)55-37(63)25-53-46(68)41(29(8)12-2)60-48(70)39(27(5)6)58-47(69)38(26(3)4)57-44(66)34(56-42(64)31(10)50)23-32-18-14-13-15-19-32/h13-15,18-19,26-31,33-34,38-41H,11-12,16-17,20-25,49-50H2,1-10H3,(H2,51,61)(H,52,67)(H,53,68)(H,54,62)(H,55,63)(H,56,64)(H,57,66)(H,58,69)(H,59,65)(H,60,70). The molecule has 394 valence electrons. The van der Waals surface area contributed by atoms with Crippen molar-refractivity contribution in [1.29, 1.82) is 0 Å². The summed E-state index contributed by atoms with van der Waals surface area (Å²) < 4.78 is 0. The summed E-state index contributed by atoms with van der Waals surface area (Å²) in [6, 6.07) is 0.746. The van der Waals surface area contributed by atoms with Crippen molar-refractivity contribution in [3.63, 3.8) is 0 Å². The summed E-state index contributed by atoms with van der Waals surface area (Å²) in [4.78, 5) is 132. The van der Waals surface area contributed by atoms with E-state index in [2.05, 4.69) is 47.9 Å². The molecule has 0 heterocycles. The highest BCUT2D eigenvalue weighted by molar-refractivity contribution is 5.97. The lowest BCUT2D eigenvalue weighted by Crippen LogP contribution is -2.61. The van der Waals surface area contributed by atoms with Crippen LogP contribution in [0, 0.1) is 23.7 Å². The number of hydrogen-bond acceptors (Lipinski definition) is 12. The van der Waals surface area contributed by atoms with Crippen molar-refractivity contribution in [2.75, 3.05) is 19.6 Å². The Hall–Kier alpha value is -6.16. The molecule has 0 saturated carbocycles. The molecule has 0 saturated heterocycles. The van der Waals surface area contributed by atoms with Crippen LogP contribution in [-0.4, -0.2) is 127 Å². The van der Waals surface area contributed by atoms with Gasteiger partial charge >= 0.3 is 0 Å². The zero-order chi connectivity index (χ0) is 53.2. The van der Waals surface area contributed by atoms with Crippen LogP contribution in [0.15, 0.2) is 30.3 Å². The Bertz CT molecular complexity index is 1900. The Morgan fingerprint density at radius 3 is 1.40 bits per heavy atom. The third-order valence-electron chi connectivity index (χ3n) is 11.8. The lowest BCUT2D eigenvalue weighted by atomic mass is 9.95. The van der Waals surface area contributed by atoms with Crippen LogP contribution in [0.25, 0.3) is 0 Å². The van der Waals surface area contributed by atoms with Gasteiger partial charge in [-0.05, 0) is 68.9 Å². The SMILES string of the molecule is CCC(C)C(NC(=O)C(CCCCN)NC(=O)CNC(=O)C(NC(=O)C(NC(=O)C(NC(=O)C(Cc1ccccc1)NC(=O)C(C)N)C(C)C)C(C)C)C(C)CC)C(=O)NCC(=O)NC(C)CC(N)=O. The molecule has 0 aromatic heterocycles. The number of carbonyl (C=O) groups is 10. The van der Waals surface area contributed by atoms with E-state index in [9.17, 15) is 47.9 Å². The first kappa shape index (κ1) is 61.9. The van der Waals surface area contributed by atoms with Crippen molar-refractivity contribution in [3.8, 4) is 0 Å². The summed E-state index contributed by atoms with van der Waals surface area (Å²) in [7, 11) is 0. The Kier molecular flexibility index (Phi) is 28.2. The summed E-state index contributed by atoms with van der Waals surface area (Å²) in [6.45, 7) is 16.3. The smallest absolute Gasteiger partial charge is 0.243 e. The predicted octanol–water partition coefficient (Wildman–Crippen LogP) is -1.37. The number of benzene rings is 1. The highest BCUT2D eigenvalue weighted by atomic mass is 16.2. The van der Waals surface area contributed by atoms with Crippen LogP contribution in [0.4, 0.5) is 0 Å². The van der Waals surface area contributed by atoms with Gasteiger partial charge in [0.1, 0.15) is 36.3 Å². The molecule has 1 rings (SSSR count). The van der Waals surface area contributed by atoms with Crippen LogP contribution in [0.1, 0.15) is 113 Å². The van der Waals surface area contributed by atoms with Crippen LogP contribution in [0.3, 0.4) is 0 Å². The summed E-state index contributed by atoms with van der Waals surface area (Å²) >= 11 is 0. The molecule has 0 spiro atoms. The average Bonchev–Trinajstić information content (AvgIpc) is 3.30. The molecular weight excluding hydrogens is 905 g/mol. The van der Waals surface area contributed by atoms with Gasteiger partial charge in [0.15, 0.2) is 0 Å². The molecule has 1 aromatic carbocycles. The number of carbonyl (C=O) groups excluding carboxylic acids is 10. The fraction of sp³-hybridized carbons (Fsp3) is 0.667. The van der Waals surface area contributed by atoms with Gasteiger partial charge < -0.3 is 65.1 Å². The molecule has 22 heteroatoms. The van der Waals surface area contributed by atoms with Crippen LogP contribution >= 0.6 is 0 Å². The molecule has 22 nitrogen and oxygen atoms in total. The van der Waals surface area contributed by atoms with Gasteiger partial charge in [0.05, 0.1) is 19.1 Å². The second kappa shape index (κ2) is 31.9. The lowest BCUT2D eigenvalue weighted by Gasteiger charge is -2.30. The van der Waals surface area contributed by atoms with E-state index in [4.69, 9.17) is 17.2 Å². The van der Waals surface area contributed by atoms with Gasteiger partial charge in [-0.2, -0.15) is 0 Å². The van der Waals surface area contributed by atoms with Crippen molar-refractivity contribution in [2.45, 2.75) is 163 Å². The van der Waals surface area contributed by atoms with Gasteiger partial charge in [-0.25, -0.2) is 0 Å². The minimum absolute atomic E-state index is 0.0938. The Balaban J connectivity index is 3.16. The summed E-state index contributed by atoms with van der Waals surface area (Å²) in [5.74, 6) is -8.30. The Morgan fingerprint density at radius 2 is 0.957 bits per heavy atom. The summed E-state index contributed by atoms with van der Waals surface area (Å²) in [5.41, 5.74) is 17.4. The van der Waals surface area contributed by atoms with Gasteiger partial charge in [-0.1, -0.05) is 98.6 Å². The topological polar surface area (TPSA) is 357 Å². The maximum atomic E-state index is 14.0. The molecule has 1 aromatic rings. The van der Waals surface area contributed by atoms with Crippen molar-refractivity contribution in [2.24, 2.45) is 40.9 Å². The highest BCUT2D eigenvalue weighted by Gasteiger charge is 2.36. The molecule has 15 N–H and O–H groups in total. The summed E-state index contributed by atoms with van der Waals surface area (Å²) in [5, 5.41) is 23.8. The summed E-state index contributed by atoms with van der Waals surface area (Å²) in [6.07, 6.45) is 2.03. The second-order valence-corrected chi connectivity index (χ2v) is 18.7. The van der Waals surface area contributed by atoms with E-state index in [-0.39, 0.29) is 19.3 Å². The van der Waals surface area contributed by atoms with E-state index in [1.807, 2.05) is 19.9 Å². The van der Waals surface area contributed by atoms with Crippen LogP contribution < -0.4 is 65.1 Å². The fourth-order valence-electron chi connectivity index (χ4n) is 7.07. The first-order valence-electron chi connectivity index (χ1n) is 24.3. The molecule has 70 heavy (non-hydrogen) atoms. The third-order valence-corrected chi connectivity index (χ3v) is 11.8. The number of unbranched alkanes of at least 4 members (excludes halogenated alkanes) is 1. The molecular formula is C48H82N12O10. The van der Waals surface area contributed by atoms with Crippen molar-refractivity contribution < 1.29 is 47.9 Å². The maximum Gasteiger partial charge on any atom is 0.243 e. The number of rotatable bonds is 32. The molecule has 10 atom stereocenters. The van der Waals surface area contributed by atoms with Gasteiger partial charge in [-0.3, -0.25) is 47.9 Å². The predicted molar refractivity (Wildman–Crippen MR) is 264 cm³/mol. The third kappa shape index (κ3) is 22.5. The zero-order valence-corrected chi connectivity index (χ0v) is 42.7. The molecule has 0 aliphatic heterocycles. The second-order valence-electron chi connectivity index (χ2n) is 18.7. The average molecular weight is 987 g/mol. The van der Waals surface area contributed by atoms with Crippen molar-refractivity contribution in [1.82, 2.24) is 47.9 Å².